The van der Waals surface area contributed by atoms with Crippen molar-refractivity contribution in [3.05, 3.63) is 34.4 Å². The number of rotatable bonds is 5. The van der Waals surface area contributed by atoms with Gasteiger partial charge in [0.2, 0.25) is 0 Å². The first-order chi connectivity index (χ1) is 8.78. The molecule has 0 bridgehead atoms. The van der Waals surface area contributed by atoms with Crippen molar-refractivity contribution in [2.45, 2.75) is 25.2 Å². The topological polar surface area (TPSA) is 13.6 Å². The maximum absolute atomic E-state index is 13.4. The quantitative estimate of drug-likeness (QED) is 0.772. The van der Waals surface area contributed by atoms with Gasteiger partial charge in [-0.1, -0.05) is 4.85 Å². The summed E-state index contributed by atoms with van der Waals surface area (Å²) in [4.78, 5) is 3.68. The molecular formula is C15H17FNO+. The minimum atomic E-state index is -0.195. The summed E-state index contributed by atoms with van der Waals surface area (Å²) in [5, 5.41) is 0. The van der Waals surface area contributed by atoms with Crippen LogP contribution in [0.4, 0.5) is 4.39 Å². The molecule has 2 aliphatic carbocycles. The molecule has 0 N–H and O–H groups in total. The molecular weight excluding hydrogens is 229 g/mol. The summed E-state index contributed by atoms with van der Waals surface area (Å²) >= 11 is 0. The van der Waals surface area contributed by atoms with Gasteiger partial charge in [-0.05, 0) is 49.3 Å². The second-order valence-electron chi connectivity index (χ2n) is 5.40. The molecule has 0 spiro atoms. The van der Waals surface area contributed by atoms with Gasteiger partial charge in [-0.25, -0.2) is 4.39 Å². The number of benzene rings is 1. The van der Waals surface area contributed by atoms with Crippen LogP contribution in [0.2, 0.25) is 0 Å². The van der Waals surface area contributed by atoms with E-state index < -0.39 is 0 Å². The molecule has 2 unspecified atom stereocenters. The molecule has 0 aromatic heterocycles. The monoisotopic (exact) mass is 246 g/mol. The van der Waals surface area contributed by atoms with E-state index >= 15 is 0 Å². The fraction of sp³-hybridized carbons (Fsp3) is 0.533. The van der Waals surface area contributed by atoms with Crippen molar-refractivity contribution in [3.63, 3.8) is 0 Å². The smallest absolute Gasteiger partial charge is 0.266 e. The van der Waals surface area contributed by atoms with E-state index in [0.717, 1.165) is 24.3 Å². The predicted octanol–water partition coefficient (Wildman–Crippen LogP) is 3.68. The van der Waals surface area contributed by atoms with E-state index in [1.807, 2.05) is 0 Å². The molecule has 0 amide bonds. The Balaban J connectivity index is 1.73. The maximum atomic E-state index is 13.4. The second-order valence-corrected chi connectivity index (χ2v) is 5.40. The summed E-state index contributed by atoms with van der Waals surface area (Å²) in [6.45, 7) is 6.62. The lowest BCUT2D eigenvalue weighted by molar-refractivity contribution is 0.296. The van der Waals surface area contributed by atoms with Gasteiger partial charge in [0.25, 0.3) is 13.1 Å². The molecule has 1 aromatic carbocycles. The van der Waals surface area contributed by atoms with Crippen molar-refractivity contribution in [2.75, 3.05) is 13.2 Å². The zero-order valence-electron chi connectivity index (χ0n) is 10.3. The highest BCUT2D eigenvalue weighted by Crippen LogP contribution is 2.50. The number of hydrogen-bond acceptors (Lipinski definition) is 1. The fourth-order valence-electron chi connectivity index (χ4n) is 2.40. The van der Waals surface area contributed by atoms with Crippen LogP contribution >= 0.6 is 0 Å². The number of ether oxygens (including phenoxy) is 1. The average Bonchev–Trinajstić information content (AvgIpc) is 3.23. The Morgan fingerprint density at radius 2 is 2.22 bits per heavy atom. The summed E-state index contributed by atoms with van der Waals surface area (Å²) in [6.07, 6.45) is 3.55. The molecule has 3 heteroatoms. The first-order valence-corrected chi connectivity index (χ1v) is 6.57. The Bertz CT molecular complexity index is 490. The van der Waals surface area contributed by atoms with Crippen molar-refractivity contribution in [1.82, 2.24) is 0 Å². The van der Waals surface area contributed by atoms with Crippen molar-refractivity contribution in [3.8, 4) is 12.3 Å². The van der Waals surface area contributed by atoms with Crippen molar-refractivity contribution >= 4 is 0 Å². The largest absolute Gasteiger partial charge is 0.493 e. The summed E-state index contributed by atoms with van der Waals surface area (Å²) in [5.41, 5.74) is 0.990. The van der Waals surface area contributed by atoms with Crippen LogP contribution in [0.3, 0.4) is 0 Å². The number of hydrogen-bond donors (Lipinski definition) is 0. The van der Waals surface area contributed by atoms with Crippen LogP contribution < -0.4 is 4.74 Å². The molecule has 18 heavy (non-hydrogen) atoms. The molecule has 3 rings (SSSR count). The highest BCUT2D eigenvalue weighted by molar-refractivity contribution is 5.40. The first-order valence-electron chi connectivity index (χ1n) is 6.57. The van der Waals surface area contributed by atoms with Crippen LogP contribution in [0, 0.1) is 24.2 Å². The Morgan fingerprint density at radius 3 is 2.94 bits per heavy atom. The van der Waals surface area contributed by atoms with E-state index in [1.165, 1.54) is 18.9 Å². The standard InChI is InChI=1S/C15H17FNO/c1-17-8-11-6-13(11)14-7-12(16)4-5-15(14)18-9-10-2-3-10/h1,4-5,7,10-11,13H,2-3,6,8-9H2/q+1. The summed E-state index contributed by atoms with van der Waals surface area (Å²) in [5.74, 6) is 2.17. The molecule has 2 nitrogen and oxygen atoms in total. The van der Waals surface area contributed by atoms with Crippen LogP contribution in [0.5, 0.6) is 5.75 Å². The Labute approximate surface area is 107 Å². The summed E-state index contributed by atoms with van der Waals surface area (Å²) in [7, 11) is 0. The molecule has 0 heterocycles. The van der Waals surface area contributed by atoms with Crippen LogP contribution in [-0.2, 0) is 0 Å². The second kappa shape index (κ2) is 4.61. The zero-order valence-corrected chi connectivity index (χ0v) is 10.3. The molecule has 2 saturated carbocycles. The number of halogens is 1. The lowest BCUT2D eigenvalue weighted by atomic mass is 10.1. The van der Waals surface area contributed by atoms with Gasteiger partial charge in [0.15, 0.2) is 0 Å². The first kappa shape index (κ1) is 11.5. The zero-order chi connectivity index (χ0) is 12.5. The van der Waals surface area contributed by atoms with E-state index in [0.29, 0.717) is 24.3 Å². The molecule has 0 saturated heterocycles. The normalized spacial score (nSPS) is 25.6. The predicted molar refractivity (Wildman–Crippen MR) is 68.6 cm³/mol. The Morgan fingerprint density at radius 1 is 1.39 bits per heavy atom. The van der Waals surface area contributed by atoms with Crippen LogP contribution in [0.15, 0.2) is 18.2 Å². The molecule has 94 valence electrons. The van der Waals surface area contributed by atoms with Crippen LogP contribution in [0.25, 0.3) is 4.85 Å². The third kappa shape index (κ3) is 2.48. The van der Waals surface area contributed by atoms with E-state index in [2.05, 4.69) is 4.85 Å². The van der Waals surface area contributed by atoms with Gasteiger partial charge >= 0.3 is 0 Å². The third-order valence-corrected chi connectivity index (χ3v) is 3.81. The summed E-state index contributed by atoms with van der Waals surface area (Å²) < 4.78 is 19.2. The van der Waals surface area contributed by atoms with Crippen molar-refractivity contribution in [1.29, 1.82) is 0 Å². The molecule has 1 aromatic rings. The highest BCUT2D eigenvalue weighted by atomic mass is 19.1. The van der Waals surface area contributed by atoms with Gasteiger partial charge in [0.05, 0.1) is 6.61 Å². The van der Waals surface area contributed by atoms with Gasteiger partial charge in [0.1, 0.15) is 11.6 Å². The molecule has 2 fully saturated rings. The van der Waals surface area contributed by atoms with Crippen molar-refractivity contribution in [2.24, 2.45) is 11.8 Å². The van der Waals surface area contributed by atoms with E-state index in [4.69, 9.17) is 11.3 Å². The van der Waals surface area contributed by atoms with E-state index in [-0.39, 0.29) is 5.82 Å². The Kier molecular flexibility index (Phi) is 2.95. The van der Waals surface area contributed by atoms with Gasteiger partial charge in [0, 0.05) is 11.5 Å². The molecule has 0 aliphatic heterocycles. The fourth-order valence-corrected chi connectivity index (χ4v) is 2.40. The van der Waals surface area contributed by atoms with Gasteiger partial charge < -0.3 is 4.74 Å². The van der Waals surface area contributed by atoms with Crippen LogP contribution in [-0.4, -0.2) is 13.2 Å². The van der Waals surface area contributed by atoms with Crippen LogP contribution in [0.1, 0.15) is 30.7 Å². The van der Waals surface area contributed by atoms with Gasteiger partial charge in [-0.15, -0.1) is 0 Å². The third-order valence-electron chi connectivity index (χ3n) is 3.81. The van der Waals surface area contributed by atoms with Gasteiger partial charge in [-0.3, -0.25) is 0 Å². The number of nitrogens with zero attached hydrogens (tertiary/aromatic N) is 1. The van der Waals surface area contributed by atoms with E-state index in [9.17, 15) is 4.39 Å². The molecule has 0 radical (unpaired) electrons. The summed E-state index contributed by atoms with van der Waals surface area (Å²) in [6, 6.07) is 4.82. The molecule has 2 atom stereocenters. The minimum Gasteiger partial charge on any atom is -0.493 e. The van der Waals surface area contributed by atoms with Gasteiger partial charge in [-0.2, -0.15) is 0 Å². The SMILES string of the molecule is C#[N+]CC1CC1c1cc(F)ccc1OCC1CC1. The maximum Gasteiger partial charge on any atom is 0.266 e. The average molecular weight is 246 g/mol. The minimum absolute atomic E-state index is 0.195. The molecule has 2 aliphatic rings. The lowest BCUT2D eigenvalue weighted by Crippen LogP contribution is -2.02. The highest BCUT2D eigenvalue weighted by Gasteiger charge is 2.43. The van der Waals surface area contributed by atoms with Crippen molar-refractivity contribution < 1.29 is 9.13 Å². The Hall–Kier alpha value is -1.56. The van der Waals surface area contributed by atoms with E-state index in [1.54, 1.807) is 12.1 Å². The lowest BCUT2D eigenvalue weighted by Gasteiger charge is -2.10.